The van der Waals surface area contributed by atoms with E-state index in [1.807, 2.05) is 43.3 Å². The van der Waals surface area contributed by atoms with E-state index in [0.29, 0.717) is 5.88 Å². The summed E-state index contributed by atoms with van der Waals surface area (Å²) in [5.41, 5.74) is 3.37. The number of ether oxygens (including phenoxy) is 1. The minimum absolute atomic E-state index is 0.504. The summed E-state index contributed by atoms with van der Waals surface area (Å²) in [5, 5.41) is 0. The Morgan fingerprint density at radius 1 is 1.06 bits per heavy atom. The van der Waals surface area contributed by atoms with Crippen LogP contribution in [0.3, 0.4) is 0 Å². The zero-order chi connectivity index (χ0) is 12.3. The van der Waals surface area contributed by atoms with Gasteiger partial charge in [0.15, 0.2) is 0 Å². The van der Waals surface area contributed by atoms with Crippen molar-refractivity contribution in [2.75, 3.05) is 0 Å². The summed E-state index contributed by atoms with van der Waals surface area (Å²) < 4.78 is 5.87. The molecule has 0 saturated heterocycles. The second-order valence-electron chi connectivity index (χ2n) is 4.15. The highest BCUT2D eigenvalue weighted by atomic mass is 35.5. The van der Waals surface area contributed by atoms with Gasteiger partial charge in [0.2, 0.25) is 0 Å². The van der Waals surface area contributed by atoms with E-state index in [2.05, 4.69) is 13.0 Å². The van der Waals surface area contributed by atoms with Crippen molar-refractivity contribution in [1.29, 1.82) is 0 Å². The van der Waals surface area contributed by atoms with Crippen LogP contribution in [0.1, 0.15) is 16.7 Å². The van der Waals surface area contributed by atoms with Gasteiger partial charge in [-0.15, -0.1) is 11.6 Å². The Morgan fingerprint density at radius 2 is 1.88 bits per heavy atom. The summed E-state index contributed by atoms with van der Waals surface area (Å²) in [6, 6.07) is 14.1. The van der Waals surface area contributed by atoms with Crippen LogP contribution < -0.4 is 4.74 Å². The van der Waals surface area contributed by atoms with Gasteiger partial charge in [0.25, 0.3) is 0 Å². The van der Waals surface area contributed by atoms with Gasteiger partial charge in [0.05, 0.1) is 0 Å². The van der Waals surface area contributed by atoms with Gasteiger partial charge in [-0.3, -0.25) is 0 Å². The monoisotopic (exact) mass is 246 g/mol. The maximum atomic E-state index is 5.87. The molecule has 0 fully saturated rings. The first-order chi connectivity index (χ1) is 8.19. The fourth-order valence-corrected chi connectivity index (χ4v) is 1.81. The Balaban J connectivity index is 2.29. The molecule has 0 aliphatic rings. The van der Waals surface area contributed by atoms with Crippen molar-refractivity contribution in [3.63, 3.8) is 0 Å². The normalized spacial score (nSPS) is 10.3. The molecule has 17 heavy (non-hydrogen) atoms. The SMILES string of the molecule is Cc1cccc(Oc2cc(CCl)ccc2C)c1. The summed E-state index contributed by atoms with van der Waals surface area (Å²) in [5.74, 6) is 2.23. The van der Waals surface area contributed by atoms with Gasteiger partial charge in [-0.25, -0.2) is 0 Å². The molecular weight excluding hydrogens is 232 g/mol. The van der Waals surface area contributed by atoms with E-state index < -0.39 is 0 Å². The van der Waals surface area contributed by atoms with Crippen LogP contribution >= 0.6 is 11.6 Å². The van der Waals surface area contributed by atoms with E-state index in [4.69, 9.17) is 16.3 Å². The second kappa shape index (κ2) is 5.24. The molecule has 1 nitrogen and oxygen atoms in total. The van der Waals surface area contributed by atoms with Crippen molar-refractivity contribution in [3.05, 3.63) is 59.2 Å². The van der Waals surface area contributed by atoms with Crippen LogP contribution in [0.5, 0.6) is 11.5 Å². The van der Waals surface area contributed by atoms with Gasteiger partial charge in [0.1, 0.15) is 11.5 Å². The fraction of sp³-hybridized carbons (Fsp3) is 0.200. The first kappa shape index (κ1) is 12.0. The third-order valence-corrected chi connectivity index (χ3v) is 2.93. The largest absolute Gasteiger partial charge is 0.457 e. The maximum Gasteiger partial charge on any atom is 0.130 e. The van der Waals surface area contributed by atoms with Gasteiger partial charge >= 0.3 is 0 Å². The average molecular weight is 247 g/mol. The van der Waals surface area contributed by atoms with Gasteiger partial charge in [-0.2, -0.15) is 0 Å². The maximum absolute atomic E-state index is 5.87. The molecule has 2 aromatic rings. The summed E-state index contributed by atoms with van der Waals surface area (Å²) in [6.45, 7) is 4.08. The Morgan fingerprint density at radius 3 is 2.59 bits per heavy atom. The number of benzene rings is 2. The van der Waals surface area contributed by atoms with Crippen LogP contribution in [0, 0.1) is 13.8 Å². The number of aryl methyl sites for hydroxylation is 2. The van der Waals surface area contributed by atoms with Crippen molar-refractivity contribution in [1.82, 2.24) is 0 Å². The van der Waals surface area contributed by atoms with Crippen LogP contribution in [0.2, 0.25) is 0 Å². The van der Waals surface area contributed by atoms with Crippen molar-refractivity contribution in [2.45, 2.75) is 19.7 Å². The molecule has 2 aromatic carbocycles. The van der Waals surface area contributed by atoms with Crippen LogP contribution in [0.15, 0.2) is 42.5 Å². The van der Waals surface area contributed by atoms with E-state index in [-0.39, 0.29) is 0 Å². The topological polar surface area (TPSA) is 9.23 Å². The first-order valence-corrected chi connectivity index (χ1v) is 6.12. The van der Waals surface area contributed by atoms with Gasteiger partial charge in [0, 0.05) is 5.88 Å². The average Bonchev–Trinajstić information content (AvgIpc) is 2.32. The quantitative estimate of drug-likeness (QED) is 0.705. The molecule has 0 aromatic heterocycles. The highest BCUT2D eigenvalue weighted by molar-refractivity contribution is 6.17. The summed E-state index contributed by atoms with van der Waals surface area (Å²) >= 11 is 5.82. The third-order valence-electron chi connectivity index (χ3n) is 2.62. The molecule has 0 spiro atoms. The zero-order valence-electron chi connectivity index (χ0n) is 10.0. The molecule has 2 heteroatoms. The van der Waals surface area contributed by atoms with E-state index in [1.54, 1.807) is 0 Å². The minimum atomic E-state index is 0.504. The number of halogens is 1. The Bertz CT molecular complexity index is 520. The molecule has 0 atom stereocenters. The summed E-state index contributed by atoms with van der Waals surface area (Å²) in [6.07, 6.45) is 0. The molecule has 0 saturated carbocycles. The van der Waals surface area contributed by atoms with Crippen LogP contribution in [-0.4, -0.2) is 0 Å². The van der Waals surface area contributed by atoms with Gasteiger partial charge in [-0.05, 0) is 48.7 Å². The molecule has 0 unspecified atom stereocenters. The summed E-state index contributed by atoms with van der Waals surface area (Å²) in [4.78, 5) is 0. The molecule has 0 aliphatic carbocycles. The van der Waals surface area contributed by atoms with Crippen LogP contribution in [0.25, 0.3) is 0 Å². The fourth-order valence-electron chi connectivity index (χ4n) is 1.64. The standard InChI is InChI=1S/C15H15ClO/c1-11-4-3-5-14(8-11)17-15-9-13(10-16)7-6-12(15)2/h3-9H,10H2,1-2H3. The van der Waals surface area contributed by atoms with Crippen LogP contribution in [0.4, 0.5) is 0 Å². The third kappa shape index (κ3) is 3.01. The Labute approximate surface area is 107 Å². The van der Waals surface area contributed by atoms with E-state index >= 15 is 0 Å². The Hall–Kier alpha value is -1.47. The molecule has 0 radical (unpaired) electrons. The van der Waals surface area contributed by atoms with Gasteiger partial charge < -0.3 is 4.74 Å². The minimum Gasteiger partial charge on any atom is -0.457 e. The lowest BCUT2D eigenvalue weighted by atomic mass is 10.1. The Kier molecular flexibility index (Phi) is 3.70. The molecular formula is C15H15ClO. The first-order valence-electron chi connectivity index (χ1n) is 5.59. The predicted octanol–water partition coefficient (Wildman–Crippen LogP) is 4.83. The smallest absolute Gasteiger partial charge is 0.130 e. The number of hydrogen-bond donors (Lipinski definition) is 0. The molecule has 2 rings (SSSR count). The lowest BCUT2D eigenvalue weighted by Gasteiger charge is -2.10. The number of rotatable bonds is 3. The predicted molar refractivity (Wildman–Crippen MR) is 72.0 cm³/mol. The van der Waals surface area contributed by atoms with Crippen molar-refractivity contribution < 1.29 is 4.74 Å². The number of alkyl halides is 1. The van der Waals surface area contributed by atoms with E-state index in [9.17, 15) is 0 Å². The zero-order valence-corrected chi connectivity index (χ0v) is 10.8. The molecule has 88 valence electrons. The lowest BCUT2D eigenvalue weighted by Crippen LogP contribution is -1.89. The van der Waals surface area contributed by atoms with E-state index in [0.717, 1.165) is 22.6 Å². The molecule has 0 heterocycles. The molecule has 0 amide bonds. The highest BCUT2D eigenvalue weighted by Gasteiger charge is 2.03. The lowest BCUT2D eigenvalue weighted by molar-refractivity contribution is 0.478. The van der Waals surface area contributed by atoms with Crippen molar-refractivity contribution in [2.24, 2.45) is 0 Å². The summed E-state index contributed by atoms with van der Waals surface area (Å²) in [7, 11) is 0. The molecule has 0 bridgehead atoms. The van der Waals surface area contributed by atoms with Crippen LogP contribution in [-0.2, 0) is 5.88 Å². The molecule has 0 N–H and O–H groups in total. The molecule has 0 aliphatic heterocycles. The highest BCUT2D eigenvalue weighted by Crippen LogP contribution is 2.27. The van der Waals surface area contributed by atoms with Crippen molar-refractivity contribution in [3.8, 4) is 11.5 Å². The van der Waals surface area contributed by atoms with Crippen molar-refractivity contribution >= 4 is 11.6 Å². The second-order valence-corrected chi connectivity index (χ2v) is 4.42. The van der Waals surface area contributed by atoms with Gasteiger partial charge in [-0.1, -0.05) is 24.3 Å². The van der Waals surface area contributed by atoms with E-state index in [1.165, 1.54) is 5.56 Å². The number of hydrogen-bond acceptors (Lipinski definition) is 1.